The van der Waals surface area contributed by atoms with Gasteiger partial charge in [-0.15, -0.1) is 7.20 Å². The quantitative estimate of drug-likeness (QED) is 0.318. The highest BCUT2D eigenvalue weighted by Crippen LogP contribution is 2.74. The summed E-state index contributed by atoms with van der Waals surface area (Å²) in [6.07, 6.45) is 4.77. The van der Waals surface area contributed by atoms with Crippen LogP contribution in [-0.2, 0) is 9.84 Å². The second-order valence-electron chi connectivity index (χ2n) is 7.44. The van der Waals surface area contributed by atoms with Gasteiger partial charge >= 0.3 is 0 Å². The molecule has 0 bridgehead atoms. The van der Waals surface area contributed by atoms with Crippen LogP contribution in [0.3, 0.4) is 0 Å². The van der Waals surface area contributed by atoms with Gasteiger partial charge in [-0.05, 0) is 82.6 Å². The van der Waals surface area contributed by atoms with E-state index >= 15 is 0 Å². The van der Waals surface area contributed by atoms with Crippen molar-refractivity contribution in [3.63, 3.8) is 0 Å². The van der Waals surface area contributed by atoms with Gasteiger partial charge in [-0.3, -0.25) is 0 Å². The highest BCUT2D eigenvalue weighted by Gasteiger charge is 2.31. The van der Waals surface area contributed by atoms with E-state index in [1.54, 1.807) is 0 Å². The minimum absolute atomic E-state index is 0.220. The Balaban J connectivity index is 1.75. The lowest BCUT2D eigenvalue weighted by Gasteiger charge is -2.35. The maximum atomic E-state index is 13.1. The van der Waals surface area contributed by atoms with Crippen molar-refractivity contribution in [3.8, 4) is 0 Å². The average molecular weight is 537 g/mol. The minimum atomic E-state index is -3.25. The standard InChI is InChI=1S/C24H25IO2S2/c25-28(20-10-4-1-5-11-20,21-12-6-2-7-13-21)22-16-18-24(19-17-22)29(26,27)23-14-8-3-9-15-23/h1-2,4-7,10-13,16-19,23H,3,8-9,14-15H2. The summed E-state index contributed by atoms with van der Waals surface area (Å²) in [5.41, 5.74) is 0. The Morgan fingerprint density at radius 3 is 1.48 bits per heavy atom. The van der Waals surface area contributed by atoms with Crippen LogP contribution in [0.15, 0.2) is 105 Å². The second kappa shape index (κ2) is 8.82. The zero-order valence-electron chi connectivity index (χ0n) is 16.2. The summed E-state index contributed by atoms with van der Waals surface area (Å²) < 4.78 is 26.2. The molecular formula is C24H25IO2S2. The van der Waals surface area contributed by atoms with Crippen LogP contribution in [0.1, 0.15) is 32.1 Å². The molecule has 0 unspecified atom stereocenters. The summed E-state index contributed by atoms with van der Waals surface area (Å²) in [7, 11) is -4.73. The first kappa shape index (κ1) is 20.9. The van der Waals surface area contributed by atoms with Gasteiger partial charge in [0.05, 0.1) is 10.1 Å². The molecule has 0 saturated heterocycles. The predicted molar refractivity (Wildman–Crippen MR) is 130 cm³/mol. The van der Waals surface area contributed by atoms with E-state index in [0.717, 1.165) is 37.0 Å². The molecule has 152 valence electrons. The van der Waals surface area contributed by atoms with E-state index in [1.807, 2.05) is 36.4 Å². The van der Waals surface area contributed by atoms with Crippen molar-refractivity contribution in [1.29, 1.82) is 0 Å². The van der Waals surface area contributed by atoms with Gasteiger partial charge in [-0.25, -0.2) is 8.42 Å². The normalized spacial score (nSPS) is 16.4. The van der Waals surface area contributed by atoms with E-state index in [0.29, 0.717) is 4.90 Å². The molecule has 29 heavy (non-hydrogen) atoms. The summed E-state index contributed by atoms with van der Waals surface area (Å²) in [4.78, 5) is 4.15. The van der Waals surface area contributed by atoms with Crippen molar-refractivity contribution in [2.24, 2.45) is 0 Å². The number of halogens is 1. The Labute approximate surface area is 187 Å². The molecule has 5 heteroatoms. The van der Waals surface area contributed by atoms with Crippen LogP contribution in [0.4, 0.5) is 0 Å². The summed E-state index contributed by atoms with van der Waals surface area (Å²) >= 11 is 2.58. The Hall–Kier alpha value is -1.31. The van der Waals surface area contributed by atoms with Gasteiger partial charge in [0.2, 0.25) is 0 Å². The maximum absolute atomic E-state index is 13.1. The van der Waals surface area contributed by atoms with Crippen LogP contribution >= 0.6 is 28.4 Å². The van der Waals surface area contributed by atoms with Gasteiger partial charge in [0.15, 0.2) is 9.84 Å². The van der Waals surface area contributed by atoms with Gasteiger partial charge < -0.3 is 0 Å². The number of benzene rings is 3. The fourth-order valence-electron chi connectivity index (χ4n) is 4.01. The molecule has 1 aliphatic carbocycles. The van der Waals surface area contributed by atoms with Crippen molar-refractivity contribution in [2.75, 3.05) is 0 Å². The smallest absolute Gasteiger partial charge is 0.181 e. The molecule has 1 aliphatic rings. The zero-order chi connectivity index (χ0) is 20.3. The summed E-state index contributed by atoms with van der Waals surface area (Å²) in [6.45, 7) is 0. The Morgan fingerprint density at radius 2 is 1.00 bits per heavy atom. The van der Waals surface area contributed by atoms with Gasteiger partial charge in [-0.2, -0.15) is 0 Å². The van der Waals surface area contributed by atoms with Crippen molar-refractivity contribution in [2.45, 2.75) is 56.9 Å². The molecule has 1 fully saturated rings. The molecular weight excluding hydrogens is 511 g/mol. The molecule has 0 atom stereocenters. The molecule has 2 nitrogen and oxygen atoms in total. The number of rotatable bonds is 5. The number of sulfone groups is 1. The molecule has 0 aromatic heterocycles. The fraction of sp³-hybridized carbons (Fsp3) is 0.250. The Morgan fingerprint density at radius 1 is 0.586 bits per heavy atom. The van der Waals surface area contributed by atoms with E-state index in [1.165, 1.54) is 9.79 Å². The highest BCUT2D eigenvalue weighted by molar-refractivity contribution is 14.2. The third-order valence-electron chi connectivity index (χ3n) is 5.60. The summed E-state index contributed by atoms with van der Waals surface area (Å²) in [5.74, 6) is 0. The first-order chi connectivity index (χ1) is 14.0. The maximum Gasteiger partial charge on any atom is 0.181 e. The summed E-state index contributed by atoms with van der Waals surface area (Å²) in [5, 5.41) is -0.220. The van der Waals surface area contributed by atoms with Gasteiger partial charge in [0.25, 0.3) is 0 Å². The molecule has 1 saturated carbocycles. The van der Waals surface area contributed by atoms with Crippen LogP contribution in [0.2, 0.25) is 0 Å². The lowest BCUT2D eigenvalue weighted by molar-refractivity contribution is 0.483. The van der Waals surface area contributed by atoms with Crippen LogP contribution in [0, 0.1) is 0 Å². The molecule has 0 aliphatic heterocycles. The predicted octanol–water partition coefficient (Wildman–Crippen LogP) is 7.42. The van der Waals surface area contributed by atoms with Crippen LogP contribution in [0.5, 0.6) is 0 Å². The van der Waals surface area contributed by atoms with Crippen molar-refractivity contribution in [1.82, 2.24) is 0 Å². The SMILES string of the molecule is O=S(=O)(c1ccc(S(I)(c2ccccc2)c2ccccc2)cc1)C1CCCCC1. The van der Waals surface area contributed by atoms with Crippen molar-refractivity contribution in [3.05, 3.63) is 84.9 Å². The Kier molecular flexibility index (Phi) is 6.37. The van der Waals surface area contributed by atoms with Gasteiger partial charge in [0.1, 0.15) is 0 Å². The summed E-state index contributed by atoms with van der Waals surface area (Å²) in [6, 6.07) is 28.7. The first-order valence-corrected chi connectivity index (χ1v) is 15.7. The number of hydrogen-bond donors (Lipinski definition) is 0. The minimum Gasteiger partial charge on any atom is -0.223 e. The third-order valence-corrected chi connectivity index (χ3v) is 15.2. The van der Waals surface area contributed by atoms with Gasteiger partial charge in [-0.1, -0.05) is 55.7 Å². The van der Waals surface area contributed by atoms with E-state index in [4.69, 9.17) is 0 Å². The lowest BCUT2D eigenvalue weighted by atomic mass is 10.0. The Bertz CT molecular complexity index is 1000. The average Bonchev–Trinajstić information content (AvgIpc) is 2.80. The molecule has 3 aromatic rings. The number of hydrogen-bond acceptors (Lipinski definition) is 2. The van der Waals surface area contributed by atoms with Crippen molar-refractivity contribution >= 4 is 38.2 Å². The van der Waals surface area contributed by atoms with E-state index in [2.05, 4.69) is 69.7 Å². The molecule has 0 spiro atoms. The van der Waals surface area contributed by atoms with E-state index < -0.39 is 17.0 Å². The zero-order valence-corrected chi connectivity index (χ0v) is 20.0. The fourth-order valence-corrected chi connectivity index (χ4v) is 10.9. The van der Waals surface area contributed by atoms with E-state index in [-0.39, 0.29) is 5.25 Å². The lowest BCUT2D eigenvalue weighted by Crippen LogP contribution is -2.24. The van der Waals surface area contributed by atoms with Crippen LogP contribution in [-0.4, -0.2) is 13.7 Å². The first-order valence-electron chi connectivity index (χ1n) is 10.00. The van der Waals surface area contributed by atoms with Crippen molar-refractivity contribution < 1.29 is 8.42 Å². The highest BCUT2D eigenvalue weighted by atomic mass is 127. The third kappa shape index (κ3) is 4.14. The molecule has 4 rings (SSSR count). The molecule has 3 aromatic carbocycles. The molecule has 0 radical (unpaired) electrons. The second-order valence-corrected chi connectivity index (χ2v) is 16.1. The van der Waals surface area contributed by atoms with Crippen LogP contribution < -0.4 is 0 Å². The van der Waals surface area contributed by atoms with Crippen LogP contribution in [0.25, 0.3) is 0 Å². The largest absolute Gasteiger partial charge is 0.223 e. The molecule has 0 heterocycles. The molecule has 0 N–H and O–H groups in total. The molecule has 0 amide bonds. The van der Waals surface area contributed by atoms with E-state index in [9.17, 15) is 8.42 Å². The topological polar surface area (TPSA) is 34.1 Å². The monoisotopic (exact) mass is 536 g/mol. The van der Waals surface area contributed by atoms with Gasteiger partial charge in [0, 0.05) is 14.7 Å².